The molecule has 0 aromatic carbocycles. The van der Waals surface area contributed by atoms with Crippen LogP contribution >= 0.6 is 24.0 Å². The molecule has 0 heterocycles. The highest BCUT2D eigenvalue weighted by Crippen LogP contribution is 1.98. The molecule has 0 aliphatic heterocycles. The molecule has 0 aliphatic carbocycles. The second-order valence-electron chi connectivity index (χ2n) is 2.00. The topological polar surface area (TPSA) is 33.1 Å². The van der Waals surface area contributed by atoms with Crippen molar-refractivity contribution in [1.29, 1.82) is 5.41 Å². The lowest BCUT2D eigenvalue weighted by Crippen LogP contribution is -2.02. The van der Waals surface area contributed by atoms with Gasteiger partial charge in [0.15, 0.2) is 5.90 Å². The Hall–Kier alpha value is 0.0500. The van der Waals surface area contributed by atoms with Crippen LogP contribution in [0.2, 0.25) is 0 Å². The molecule has 0 amide bonds. The third kappa shape index (κ3) is 10.1. The van der Waals surface area contributed by atoms with Crippen molar-refractivity contribution in [2.45, 2.75) is 26.2 Å². The molecule has 0 saturated heterocycles. The molecule has 2 nitrogen and oxygen atoms in total. The average Bonchev–Trinajstić information content (AvgIpc) is 1.89. The van der Waals surface area contributed by atoms with Crippen LogP contribution < -0.4 is 0 Å². The number of alkyl halides is 1. The minimum atomic E-state index is 0. The lowest BCUT2D eigenvalue weighted by molar-refractivity contribution is 0.313. The fourth-order valence-electron chi connectivity index (χ4n) is 0.626. The van der Waals surface area contributed by atoms with E-state index in [-0.39, 0.29) is 12.4 Å². The molecule has 0 unspecified atom stereocenters. The number of hydrogen-bond acceptors (Lipinski definition) is 2. The molecule has 0 fully saturated rings. The molecule has 0 saturated carbocycles. The predicted octanol–water partition coefficient (Wildman–Crippen LogP) is 2.83. The van der Waals surface area contributed by atoms with Gasteiger partial charge >= 0.3 is 0 Å². The maximum Gasteiger partial charge on any atom is 0.180 e. The molecule has 68 valence electrons. The Morgan fingerprint density at radius 1 is 1.45 bits per heavy atom. The first kappa shape index (κ1) is 13.6. The third-order valence-corrected chi connectivity index (χ3v) is 1.37. The Labute approximate surface area is 79.2 Å². The van der Waals surface area contributed by atoms with Gasteiger partial charge in [0, 0.05) is 12.3 Å². The van der Waals surface area contributed by atoms with Crippen LogP contribution in [0.25, 0.3) is 0 Å². The normalized spacial score (nSPS) is 8.55. The van der Waals surface area contributed by atoms with Crippen molar-refractivity contribution in [3.63, 3.8) is 0 Å². The van der Waals surface area contributed by atoms with E-state index in [1.807, 2.05) is 6.92 Å². The van der Waals surface area contributed by atoms with E-state index >= 15 is 0 Å². The molecule has 0 atom stereocenters. The van der Waals surface area contributed by atoms with Gasteiger partial charge in [0.25, 0.3) is 0 Å². The summed E-state index contributed by atoms with van der Waals surface area (Å²) in [6, 6.07) is 0. The van der Waals surface area contributed by atoms with Gasteiger partial charge in [0.2, 0.25) is 0 Å². The van der Waals surface area contributed by atoms with Gasteiger partial charge < -0.3 is 4.74 Å². The first-order chi connectivity index (χ1) is 4.81. The Bertz CT molecular complexity index is 98.4. The molecule has 11 heavy (non-hydrogen) atoms. The smallest absolute Gasteiger partial charge is 0.180 e. The van der Waals surface area contributed by atoms with Gasteiger partial charge in [-0.3, -0.25) is 5.41 Å². The number of ether oxygens (including phenoxy) is 1. The Balaban J connectivity index is 0. The van der Waals surface area contributed by atoms with E-state index in [2.05, 4.69) is 0 Å². The largest absolute Gasteiger partial charge is 0.481 e. The summed E-state index contributed by atoms with van der Waals surface area (Å²) in [5.41, 5.74) is 0. The van der Waals surface area contributed by atoms with Gasteiger partial charge in [-0.15, -0.1) is 24.0 Å². The highest BCUT2D eigenvalue weighted by molar-refractivity contribution is 6.17. The molecule has 0 aromatic heterocycles. The molecule has 0 rings (SSSR count). The first-order valence-electron chi connectivity index (χ1n) is 3.57. The first-order valence-corrected chi connectivity index (χ1v) is 4.11. The minimum absolute atomic E-state index is 0. The third-order valence-electron chi connectivity index (χ3n) is 1.11. The summed E-state index contributed by atoms with van der Waals surface area (Å²) in [5.74, 6) is 1.06. The maximum atomic E-state index is 7.20. The van der Waals surface area contributed by atoms with Crippen molar-refractivity contribution in [2.75, 3.05) is 12.5 Å². The van der Waals surface area contributed by atoms with E-state index in [4.69, 9.17) is 21.7 Å². The van der Waals surface area contributed by atoms with Gasteiger partial charge in [0.1, 0.15) is 0 Å². The van der Waals surface area contributed by atoms with Gasteiger partial charge in [-0.1, -0.05) is 0 Å². The fraction of sp³-hybridized carbons (Fsp3) is 0.857. The van der Waals surface area contributed by atoms with E-state index < -0.39 is 0 Å². The molecule has 0 spiro atoms. The van der Waals surface area contributed by atoms with Crippen molar-refractivity contribution in [3.05, 3.63) is 0 Å². The number of unbranched alkanes of at least 4 members (excludes halogenated alkanes) is 1. The Kier molecular flexibility index (Phi) is 12.5. The molecule has 0 aliphatic rings. The SMILES string of the molecule is CCOC(=N)CCCCCl.Cl. The van der Waals surface area contributed by atoms with Crippen molar-refractivity contribution in [1.82, 2.24) is 0 Å². The maximum absolute atomic E-state index is 7.20. The second-order valence-corrected chi connectivity index (χ2v) is 2.38. The van der Waals surface area contributed by atoms with Crippen LogP contribution in [0.3, 0.4) is 0 Å². The quantitative estimate of drug-likeness (QED) is 0.314. The van der Waals surface area contributed by atoms with Crippen LogP contribution in [0.1, 0.15) is 26.2 Å². The van der Waals surface area contributed by atoms with Crippen molar-refractivity contribution in [3.8, 4) is 0 Å². The molecule has 0 radical (unpaired) electrons. The summed E-state index contributed by atoms with van der Waals surface area (Å²) in [6.45, 7) is 2.48. The molecule has 1 N–H and O–H groups in total. The average molecular weight is 200 g/mol. The Morgan fingerprint density at radius 2 is 2.09 bits per heavy atom. The zero-order valence-electron chi connectivity index (χ0n) is 6.73. The van der Waals surface area contributed by atoms with Crippen LogP contribution in [-0.2, 0) is 4.74 Å². The number of hydrogen-bond donors (Lipinski definition) is 1. The summed E-state index contributed by atoms with van der Waals surface area (Å²) < 4.78 is 4.93. The summed E-state index contributed by atoms with van der Waals surface area (Å²) >= 11 is 5.45. The monoisotopic (exact) mass is 199 g/mol. The summed E-state index contributed by atoms with van der Waals surface area (Å²) in [4.78, 5) is 0. The highest BCUT2D eigenvalue weighted by Gasteiger charge is 1.94. The van der Waals surface area contributed by atoms with E-state index in [9.17, 15) is 0 Å². The summed E-state index contributed by atoms with van der Waals surface area (Å²) in [5, 5.41) is 7.20. The highest BCUT2D eigenvalue weighted by atomic mass is 35.5. The van der Waals surface area contributed by atoms with Crippen LogP contribution in [0, 0.1) is 5.41 Å². The summed E-state index contributed by atoms with van der Waals surface area (Å²) in [7, 11) is 0. The lowest BCUT2D eigenvalue weighted by Gasteiger charge is -2.02. The lowest BCUT2D eigenvalue weighted by atomic mass is 10.2. The van der Waals surface area contributed by atoms with Gasteiger partial charge in [-0.05, 0) is 19.8 Å². The summed E-state index contributed by atoms with van der Waals surface area (Å²) in [6.07, 6.45) is 2.65. The van der Waals surface area contributed by atoms with Crippen molar-refractivity contribution >= 4 is 29.9 Å². The number of rotatable bonds is 5. The number of halogens is 2. The molecule has 0 bridgehead atoms. The Morgan fingerprint density at radius 3 is 2.55 bits per heavy atom. The zero-order chi connectivity index (χ0) is 7.82. The molecular weight excluding hydrogens is 185 g/mol. The van der Waals surface area contributed by atoms with E-state index in [0.29, 0.717) is 18.4 Å². The van der Waals surface area contributed by atoms with Crippen LogP contribution in [0.5, 0.6) is 0 Å². The minimum Gasteiger partial charge on any atom is -0.481 e. The van der Waals surface area contributed by atoms with Crippen LogP contribution in [0.15, 0.2) is 0 Å². The van der Waals surface area contributed by atoms with E-state index in [1.54, 1.807) is 0 Å². The fourth-order valence-corrected chi connectivity index (χ4v) is 0.815. The van der Waals surface area contributed by atoms with Crippen molar-refractivity contribution in [2.24, 2.45) is 0 Å². The van der Waals surface area contributed by atoms with Gasteiger partial charge in [-0.2, -0.15) is 0 Å². The second kappa shape index (κ2) is 10.0. The van der Waals surface area contributed by atoms with E-state index in [0.717, 1.165) is 19.3 Å². The van der Waals surface area contributed by atoms with Crippen molar-refractivity contribution < 1.29 is 4.74 Å². The molecule has 4 heteroatoms. The standard InChI is InChI=1S/C7H14ClNO.ClH/c1-2-10-7(9)5-3-4-6-8;/h9H,2-6H2,1H3;1H. The predicted molar refractivity (Wildman–Crippen MR) is 51.2 cm³/mol. The molecular formula is C7H15Cl2NO. The van der Waals surface area contributed by atoms with Crippen LogP contribution in [-0.4, -0.2) is 18.4 Å². The van der Waals surface area contributed by atoms with Crippen LogP contribution in [0.4, 0.5) is 0 Å². The zero-order valence-corrected chi connectivity index (χ0v) is 8.30. The number of nitrogens with one attached hydrogen (secondary N) is 1. The molecule has 0 aromatic rings. The van der Waals surface area contributed by atoms with E-state index in [1.165, 1.54) is 0 Å². The van der Waals surface area contributed by atoms with Gasteiger partial charge in [0.05, 0.1) is 6.61 Å². The van der Waals surface area contributed by atoms with Gasteiger partial charge in [-0.25, -0.2) is 0 Å².